The molecule has 0 saturated heterocycles. The highest BCUT2D eigenvalue weighted by molar-refractivity contribution is 9.10. The number of rotatable bonds is 3. The Hall–Kier alpha value is -3.92. The van der Waals surface area contributed by atoms with Crippen molar-refractivity contribution in [3.63, 3.8) is 0 Å². The zero-order valence-corrected chi connectivity index (χ0v) is 17.9. The molecule has 0 atom stereocenters. The number of nitrogens with zero attached hydrogens (tertiary/aromatic N) is 1. The van der Waals surface area contributed by atoms with E-state index in [1.165, 1.54) is 12.1 Å². The first-order valence-electron chi connectivity index (χ1n) is 9.50. The fourth-order valence-corrected chi connectivity index (χ4v) is 3.99. The summed E-state index contributed by atoms with van der Waals surface area (Å²) in [4.78, 5) is 50.6. The highest BCUT2D eigenvalue weighted by Gasteiger charge is 2.33. The van der Waals surface area contributed by atoms with Crippen molar-refractivity contribution in [3.05, 3.63) is 79.5 Å². The number of aromatic nitrogens is 1. The Balaban J connectivity index is 1.78. The van der Waals surface area contributed by atoms with Gasteiger partial charge in [0.05, 0.1) is 22.4 Å². The van der Waals surface area contributed by atoms with Crippen molar-refractivity contribution in [2.24, 2.45) is 0 Å². The third-order valence-corrected chi connectivity index (χ3v) is 5.73. The SMILES string of the molecule is Nc1c2c(cc(=O)n1-c1cc3c(cc1C(=O)c1ccc(Br)cc1)OCCO3)C(=O)NC2=O. The molecule has 32 heavy (non-hydrogen) atoms. The Bertz CT molecular complexity index is 1390. The van der Waals surface area contributed by atoms with Gasteiger partial charge in [-0.25, -0.2) is 0 Å². The normalized spacial score (nSPS) is 14.2. The Labute approximate surface area is 188 Å². The fraction of sp³-hybridized carbons (Fsp3) is 0.0909. The van der Waals surface area contributed by atoms with Crippen molar-refractivity contribution in [2.45, 2.75) is 0 Å². The minimum absolute atomic E-state index is 0.105. The monoisotopic (exact) mass is 495 g/mol. The van der Waals surface area contributed by atoms with E-state index >= 15 is 0 Å². The molecular weight excluding hydrogens is 482 g/mol. The van der Waals surface area contributed by atoms with Gasteiger partial charge in [0.25, 0.3) is 17.4 Å². The molecule has 0 unspecified atom stereocenters. The number of fused-ring (bicyclic) bond motifs is 2. The van der Waals surface area contributed by atoms with Crippen LogP contribution in [0.3, 0.4) is 0 Å². The van der Waals surface area contributed by atoms with Gasteiger partial charge in [0, 0.05) is 22.2 Å². The number of nitrogens with two attached hydrogens (primary N) is 1. The number of benzene rings is 2. The summed E-state index contributed by atoms with van der Waals surface area (Å²) in [5.74, 6) is -1.38. The van der Waals surface area contributed by atoms with Crippen molar-refractivity contribution in [2.75, 3.05) is 18.9 Å². The molecule has 0 spiro atoms. The molecule has 2 aliphatic rings. The number of imide groups is 1. The second-order valence-electron chi connectivity index (χ2n) is 7.12. The first kappa shape index (κ1) is 20.0. The molecule has 2 aromatic carbocycles. The van der Waals surface area contributed by atoms with Crippen LogP contribution in [0.15, 0.2) is 51.7 Å². The van der Waals surface area contributed by atoms with Crippen molar-refractivity contribution >= 4 is 39.3 Å². The predicted octanol–water partition coefficient (Wildman–Crippen LogP) is 2.07. The number of halogens is 1. The summed E-state index contributed by atoms with van der Waals surface area (Å²) in [6, 6.07) is 10.7. The van der Waals surface area contributed by atoms with Crippen LogP contribution in [-0.4, -0.2) is 35.4 Å². The highest BCUT2D eigenvalue weighted by Crippen LogP contribution is 2.37. The number of nitrogen functional groups attached to an aromatic ring is 1. The minimum atomic E-state index is -0.713. The Morgan fingerprint density at radius 1 is 0.969 bits per heavy atom. The smallest absolute Gasteiger partial charge is 0.262 e. The Kier molecular flexibility index (Phi) is 4.59. The maximum atomic E-state index is 13.4. The van der Waals surface area contributed by atoms with E-state index in [1.807, 2.05) is 0 Å². The first-order valence-corrected chi connectivity index (χ1v) is 10.3. The topological polar surface area (TPSA) is 130 Å². The number of nitrogens with one attached hydrogen (secondary N) is 1. The van der Waals surface area contributed by atoms with E-state index in [9.17, 15) is 19.2 Å². The molecule has 0 aliphatic carbocycles. The number of anilines is 1. The van der Waals surface area contributed by atoms with Gasteiger partial charge in [-0.15, -0.1) is 0 Å². The average molecular weight is 496 g/mol. The molecule has 0 radical (unpaired) electrons. The Morgan fingerprint density at radius 2 is 1.62 bits per heavy atom. The quantitative estimate of drug-likeness (QED) is 0.420. The number of carbonyl (C=O) groups excluding carboxylic acids is 3. The molecule has 1 aromatic heterocycles. The number of amides is 2. The lowest BCUT2D eigenvalue weighted by Crippen LogP contribution is -2.26. The van der Waals surface area contributed by atoms with Crippen LogP contribution in [0.2, 0.25) is 0 Å². The van der Waals surface area contributed by atoms with E-state index in [4.69, 9.17) is 15.2 Å². The third-order valence-electron chi connectivity index (χ3n) is 5.21. The number of ether oxygens (including phenoxy) is 2. The molecule has 3 N–H and O–H groups in total. The average Bonchev–Trinajstić information content (AvgIpc) is 3.06. The number of pyridine rings is 1. The van der Waals surface area contributed by atoms with E-state index < -0.39 is 23.2 Å². The molecular formula is C22H14BrN3O6. The number of hydrogen-bond donors (Lipinski definition) is 2. The van der Waals surface area contributed by atoms with Gasteiger partial charge in [-0.2, -0.15) is 0 Å². The predicted molar refractivity (Wildman–Crippen MR) is 117 cm³/mol. The summed E-state index contributed by atoms with van der Waals surface area (Å²) < 4.78 is 13.1. The van der Waals surface area contributed by atoms with Gasteiger partial charge in [-0.1, -0.05) is 15.9 Å². The van der Waals surface area contributed by atoms with Crippen molar-refractivity contribution in [3.8, 4) is 17.2 Å². The summed E-state index contributed by atoms with van der Waals surface area (Å²) >= 11 is 3.33. The zero-order valence-electron chi connectivity index (χ0n) is 16.3. The van der Waals surface area contributed by atoms with Gasteiger partial charge in [-0.3, -0.25) is 29.1 Å². The standard InChI is InChI=1S/C22H14BrN3O6/c23-11-3-1-10(2-4-11)19(28)12-7-15-16(32-6-5-31-15)9-14(12)26-17(27)8-13-18(20(26)24)22(30)25-21(13)29/h1-4,7-9H,5-6,24H2,(H,25,29,30). The molecule has 0 saturated carbocycles. The number of hydrogen-bond acceptors (Lipinski definition) is 7. The molecule has 160 valence electrons. The van der Waals surface area contributed by atoms with Crippen LogP contribution < -0.4 is 26.1 Å². The molecule has 5 rings (SSSR count). The van der Waals surface area contributed by atoms with Crippen molar-refractivity contribution in [1.29, 1.82) is 0 Å². The third kappa shape index (κ3) is 3.07. The van der Waals surface area contributed by atoms with Gasteiger partial charge in [-0.05, 0) is 30.3 Å². The number of carbonyl (C=O) groups is 3. The maximum Gasteiger partial charge on any atom is 0.262 e. The lowest BCUT2D eigenvalue weighted by molar-refractivity contribution is 0.0879. The lowest BCUT2D eigenvalue weighted by Gasteiger charge is -2.22. The van der Waals surface area contributed by atoms with Gasteiger partial charge < -0.3 is 15.2 Å². The molecule has 2 amide bonds. The summed E-state index contributed by atoms with van der Waals surface area (Å²) in [6.45, 7) is 0.597. The van der Waals surface area contributed by atoms with Crippen LogP contribution in [0, 0.1) is 0 Å². The van der Waals surface area contributed by atoms with Crippen LogP contribution in [0.1, 0.15) is 36.6 Å². The van der Waals surface area contributed by atoms with E-state index in [1.54, 1.807) is 24.3 Å². The van der Waals surface area contributed by atoms with E-state index in [-0.39, 0.29) is 34.8 Å². The van der Waals surface area contributed by atoms with Crippen molar-refractivity contribution in [1.82, 2.24) is 9.88 Å². The molecule has 3 aromatic rings. The second-order valence-corrected chi connectivity index (χ2v) is 8.04. The molecule has 9 nitrogen and oxygen atoms in total. The molecule has 10 heteroatoms. The first-order chi connectivity index (χ1) is 15.3. The van der Waals surface area contributed by atoms with Crippen LogP contribution in [0.4, 0.5) is 5.82 Å². The Morgan fingerprint density at radius 3 is 2.31 bits per heavy atom. The molecule has 3 heterocycles. The molecule has 0 fully saturated rings. The van der Waals surface area contributed by atoms with Crippen molar-refractivity contribution < 1.29 is 23.9 Å². The maximum absolute atomic E-state index is 13.4. The zero-order chi connectivity index (χ0) is 22.6. The van der Waals surface area contributed by atoms with Crippen LogP contribution in [0.25, 0.3) is 5.69 Å². The van der Waals surface area contributed by atoms with Crippen LogP contribution in [-0.2, 0) is 0 Å². The van der Waals surface area contributed by atoms with E-state index in [0.29, 0.717) is 23.7 Å². The fourth-order valence-electron chi connectivity index (χ4n) is 3.73. The van der Waals surface area contributed by atoms with Gasteiger partial charge in [0.1, 0.15) is 19.0 Å². The number of ketones is 1. The van der Waals surface area contributed by atoms with Gasteiger partial charge in [0.15, 0.2) is 17.3 Å². The summed E-state index contributed by atoms with van der Waals surface area (Å²) in [5, 5.41) is 2.12. The summed E-state index contributed by atoms with van der Waals surface area (Å²) in [5.41, 5.74) is 5.89. The van der Waals surface area contributed by atoms with E-state index in [2.05, 4.69) is 21.2 Å². The van der Waals surface area contributed by atoms with Crippen LogP contribution in [0.5, 0.6) is 11.5 Å². The van der Waals surface area contributed by atoms with Gasteiger partial charge in [0.2, 0.25) is 0 Å². The molecule has 2 aliphatic heterocycles. The molecule has 0 bridgehead atoms. The summed E-state index contributed by atoms with van der Waals surface area (Å²) in [7, 11) is 0. The second kappa shape index (κ2) is 7.34. The highest BCUT2D eigenvalue weighted by atomic mass is 79.9. The van der Waals surface area contributed by atoms with E-state index in [0.717, 1.165) is 15.1 Å². The minimum Gasteiger partial charge on any atom is -0.486 e. The van der Waals surface area contributed by atoms with Gasteiger partial charge >= 0.3 is 0 Å². The van der Waals surface area contributed by atoms with Crippen LogP contribution >= 0.6 is 15.9 Å². The lowest BCUT2D eigenvalue weighted by atomic mass is 10.00. The summed E-state index contributed by atoms with van der Waals surface area (Å²) in [6.07, 6.45) is 0. The largest absolute Gasteiger partial charge is 0.486 e.